The summed E-state index contributed by atoms with van der Waals surface area (Å²) in [4.78, 5) is 2.30. The molecule has 1 heterocycles. The van der Waals surface area contributed by atoms with Crippen molar-refractivity contribution in [2.75, 3.05) is 13.2 Å². The number of β-amino-alcohol motifs (C(OH)–C–C–N with tert-alkyl or cyclic N) is 1. The molecule has 1 aliphatic heterocycles. The van der Waals surface area contributed by atoms with Crippen LogP contribution in [0, 0.1) is 0 Å². The summed E-state index contributed by atoms with van der Waals surface area (Å²) in [6, 6.07) is 9.54. The van der Waals surface area contributed by atoms with Crippen molar-refractivity contribution in [1.29, 1.82) is 0 Å². The van der Waals surface area contributed by atoms with Gasteiger partial charge < -0.3 is 14.9 Å². The summed E-state index contributed by atoms with van der Waals surface area (Å²) in [6.07, 6.45) is 0.610. The first-order valence-corrected chi connectivity index (χ1v) is 8.02. The second kappa shape index (κ2) is 6.57. The van der Waals surface area contributed by atoms with Crippen LogP contribution in [0.3, 0.4) is 0 Å². The number of benzene rings is 1. The zero-order valence-corrected chi connectivity index (χ0v) is 14.1. The maximum absolute atomic E-state index is 10.4. The predicted molar refractivity (Wildman–Crippen MR) is 88.0 cm³/mol. The molecule has 22 heavy (non-hydrogen) atoms. The van der Waals surface area contributed by atoms with Crippen molar-refractivity contribution in [2.45, 2.75) is 63.8 Å². The van der Waals surface area contributed by atoms with Gasteiger partial charge in [-0.2, -0.15) is 0 Å². The van der Waals surface area contributed by atoms with E-state index < -0.39 is 6.10 Å². The highest BCUT2D eigenvalue weighted by molar-refractivity contribution is 5.20. The summed E-state index contributed by atoms with van der Waals surface area (Å²) in [5.74, 6) is 0.772. The Hall–Kier alpha value is -1.10. The van der Waals surface area contributed by atoms with Gasteiger partial charge in [0.2, 0.25) is 0 Å². The Morgan fingerprint density at radius 2 is 1.68 bits per heavy atom. The van der Waals surface area contributed by atoms with E-state index >= 15 is 0 Å². The van der Waals surface area contributed by atoms with Crippen LogP contribution in [0.25, 0.3) is 0 Å². The highest BCUT2D eigenvalue weighted by atomic mass is 16.5. The van der Waals surface area contributed by atoms with Crippen LogP contribution in [0.15, 0.2) is 30.3 Å². The van der Waals surface area contributed by atoms with Crippen molar-refractivity contribution in [1.82, 2.24) is 4.90 Å². The van der Waals surface area contributed by atoms with E-state index in [9.17, 15) is 10.2 Å². The lowest BCUT2D eigenvalue weighted by molar-refractivity contribution is -0.1000. The average Bonchev–Trinajstić information content (AvgIpc) is 2.40. The molecule has 0 amide bonds. The van der Waals surface area contributed by atoms with E-state index in [1.165, 1.54) is 0 Å². The first kappa shape index (κ1) is 17.3. The third-order valence-electron chi connectivity index (χ3n) is 4.51. The zero-order valence-electron chi connectivity index (χ0n) is 14.1. The third kappa shape index (κ3) is 4.22. The summed E-state index contributed by atoms with van der Waals surface area (Å²) < 4.78 is 5.64. The van der Waals surface area contributed by atoms with Crippen LogP contribution in [-0.4, -0.2) is 51.6 Å². The van der Waals surface area contributed by atoms with E-state index in [-0.39, 0.29) is 23.8 Å². The van der Waals surface area contributed by atoms with Crippen molar-refractivity contribution < 1.29 is 14.9 Å². The summed E-state index contributed by atoms with van der Waals surface area (Å²) in [7, 11) is 0. The number of rotatable bonds is 5. The second-order valence-electron chi connectivity index (χ2n) is 7.58. The highest BCUT2D eigenvalue weighted by Crippen LogP contribution is 2.38. The molecule has 4 nitrogen and oxygen atoms in total. The minimum Gasteiger partial charge on any atom is -0.491 e. The van der Waals surface area contributed by atoms with Gasteiger partial charge in [0.25, 0.3) is 0 Å². The monoisotopic (exact) mass is 307 g/mol. The third-order valence-corrected chi connectivity index (χ3v) is 4.51. The quantitative estimate of drug-likeness (QED) is 0.877. The van der Waals surface area contributed by atoms with Crippen molar-refractivity contribution in [3.63, 3.8) is 0 Å². The number of hydrogen-bond donors (Lipinski definition) is 2. The molecular formula is C18H29NO3. The minimum atomic E-state index is -0.561. The van der Waals surface area contributed by atoms with Gasteiger partial charge in [-0.25, -0.2) is 0 Å². The molecule has 1 aliphatic rings. The predicted octanol–water partition coefficient (Wildman–Crippen LogP) is 2.44. The topological polar surface area (TPSA) is 52.9 Å². The molecule has 0 saturated carbocycles. The number of likely N-dealkylation sites (tertiary alicyclic amines) is 1. The molecule has 1 aromatic carbocycles. The van der Waals surface area contributed by atoms with Crippen LogP contribution in [0.4, 0.5) is 0 Å². The molecule has 0 spiro atoms. The Balaban J connectivity index is 1.95. The Morgan fingerprint density at radius 1 is 1.14 bits per heavy atom. The van der Waals surface area contributed by atoms with E-state index in [0.29, 0.717) is 6.54 Å². The van der Waals surface area contributed by atoms with Crippen LogP contribution in [0.1, 0.15) is 40.5 Å². The highest BCUT2D eigenvalue weighted by Gasteiger charge is 2.45. The number of piperidine rings is 1. The average molecular weight is 307 g/mol. The van der Waals surface area contributed by atoms with Crippen LogP contribution in [0.5, 0.6) is 5.75 Å². The van der Waals surface area contributed by atoms with E-state index in [1.54, 1.807) is 0 Å². The Morgan fingerprint density at radius 3 is 2.23 bits per heavy atom. The molecule has 0 radical (unpaired) electrons. The maximum Gasteiger partial charge on any atom is 0.119 e. The van der Waals surface area contributed by atoms with E-state index in [1.807, 2.05) is 30.3 Å². The van der Waals surface area contributed by atoms with Gasteiger partial charge in [-0.05, 0) is 52.7 Å². The van der Waals surface area contributed by atoms with Gasteiger partial charge in [0.05, 0.1) is 6.10 Å². The molecule has 1 fully saturated rings. The second-order valence-corrected chi connectivity index (χ2v) is 7.58. The lowest BCUT2D eigenvalue weighted by atomic mass is 9.78. The lowest BCUT2D eigenvalue weighted by Gasteiger charge is -2.54. The fraction of sp³-hybridized carbons (Fsp3) is 0.667. The fourth-order valence-electron chi connectivity index (χ4n) is 3.73. The van der Waals surface area contributed by atoms with Crippen LogP contribution >= 0.6 is 0 Å². The molecule has 0 aromatic heterocycles. The van der Waals surface area contributed by atoms with Crippen LogP contribution in [0.2, 0.25) is 0 Å². The van der Waals surface area contributed by atoms with E-state index in [2.05, 4.69) is 32.6 Å². The summed E-state index contributed by atoms with van der Waals surface area (Å²) >= 11 is 0. The smallest absolute Gasteiger partial charge is 0.119 e. The number of ether oxygens (including phenoxy) is 1. The molecule has 2 rings (SSSR count). The Bertz CT molecular complexity index is 454. The molecule has 2 N–H and O–H groups in total. The Kier molecular flexibility index (Phi) is 5.15. The lowest BCUT2D eigenvalue weighted by Crippen LogP contribution is -2.63. The molecular weight excluding hydrogens is 278 g/mol. The van der Waals surface area contributed by atoms with Gasteiger partial charge in [0.1, 0.15) is 18.5 Å². The fourth-order valence-corrected chi connectivity index (χ4v) is 3.73. The molecule has 4 heteroatoms. The number of aliphatic hydroxyl groups excluding tert-OH is 2. The molecule has 1 aromatic rings. The summed E-state index contributed by atoms with van der Waals surface area (Å²) in [5.41, 5.74) is -0.288. The first-order chi connectivity index (χ1) is 10.2. The van der Waals surface area contributed by atoms with Crippen molar-refractivity contribution >= 4 is 0 Å². The van der Waals surface area contributed by atoms with E-state index in [0.717, 1.165) is 18.6 Å². The molecule has 1 unspecified atom stereocenters. The standard InChI is InChI=1S/C18H29NO3/c1-17(2)10-14(20)11-18(3,4)19(17)12-15(21)13-22-16-8-6-5-7-9-16/h5-9,14-15,20-21H,10-13H2,1-4H3. The van der Waals surface area contributed by atoms with Crippen molar-refractivity contribution in [3.05, 3.63) is 30.3 Å². The molecule has 1 saturated heterocycles. The van der Waals surface area contributed by atoms with Gasteiger partial charge in [-0.1, -0.05) is 18.2 Å². The first-order valence-electron chi connectivity index (χ1n) is 8.02. The number of para-hydroxylation sites is 1. The normalized spacial score (nSPS) is 23.2. The zero-order chi connectivity index (χ0) is 16.4. The van der Waals surface area contributed by atoms with Gasteiger partial charge >= 0.3 is 0 Å². The summed E-state index contributed by atoms with van der Waals surface area (Å²) in [6.45, 7) is 9.32. The molecule has 0 bridgehead atoms. The molecule has 0 aliphatic carbocycles. The maximum atomic E-state index is 10.4. The van der Waals surface area contributed by atoms with Crippen molar-refractivity contribution in [2.24, 2.45) is 0 Å². The van der Waals surface area contributed by atoms with Crippen LogP contribution in [-0.2, 0) is 0 Å². The van der Waals surface area contributed by atoms with Gasteiger partial charge in [-0.15, -0.1) is 0 Å². The largest absolute Gasteiger partial charge is 0.491 e. The minimum absolute atomic E-state index is 0.144. The molecule has 1 atom stereocenters. The van der Waals surface area contributed by atoms with Gasteiger partial charge in [0, 0.05) is 17.6 Å². The molecule has 124 valence electrons. The van der Waals surface area contributed by atoms with Crippen molar-refractivity contribution in [3.8, 4) is 5.75 Å². The Labute approximate surface area is 133 Å². The van der Waals surface area contributed by atoms with Crippen LogP contribution < -0.4 is 4.74 Å². The number of aliphatic hydroxyl groups is 2. The van der Waals surface area contributed by atoms with Gasteiger partial charge in [0.15, 0.2) is 0 Å². The summed E-state index contributed by atoms with van der Waals surface area (Å²) in [5, 5.41) is 20.4. The number of nitrogens with zero attached hydrogens (tertiary/aromatic N) is 1. The van der Waals surface area contributed by atoms with E-state index in [4.69, 9.17) is 4.74 Å². The SMILES string of the molecule is CC1(C)CC(O)CC(C)(C)N1CC(O)COc1ccccc1. The van der Waals surface area contributed by atoms with Gasteiger partial charge in [-0.3, -0.25) is 4.90 Å². The number of hydrogen-bond acceptors (Lipinski definition) is 4.